The van der Waals surface area contributed by atoms with Gasteiger partial charge in [-0.15, -0.1) is 13.2 Å². The summed E-state index contributed by atoms with van der Waals surface area (Å²) in [6.45, 7) is 14.4. The summed E-state index contributed by atoms with van der Waals surface area (Å²) in [4.78, 5) is 13.3. The van der Waals surface area contributed by atoms with Crippen LogP contribution in [0.5, 0.6) is 0 Å². The Morgan fingerprint density at radius 1 is 1.03 bits per heavy atom. The lowest BCUT2D eigenvalue weighted by molar-refractivity contribution is -0.242. The Bertz CT molecular complexity index is 778. The Balaban J connectivity index is 1.54. The van der Waals surface area contributed by atoms with Crippen LogP contribution in [0.1, 0.15) is 71.6 Å². The number of carbonyl (C=O) groups excluding carboxylic acids is 1. The van der Waals surface area contributed by atoms with Gasteiger partial charge in [0.15, 0.2) is 5.79 Å². The zero-order chi connectivity index (χ0) is 21.2. The van der Waals surface area contributed by atoms with Crippen LogP contribution < -0.4 is 0 Å². The van der Waals surface area contributed by atoms with Crippen molar-refractivity contribution in [1.29, 1.82) is 0 Å². The lowest BCUT2D eigenvalue weighted by Crippen LogP contribution is -2.57. The number of rotatable bonds is 4. The molecule has 1 spiro atoms. The molecule has 0 bridgehead atoms. The molecule has 164 valence electrons. The minimum Gasteiger partial charge on any atom is -0.347 e. The summed E-state index contributed by atoms with van der Waals surface area (Å²) < 4.78 is 12.6. The molecule has 5 aliphatic rings. The second-order valence-corrected chi connectivity index (χ2v) is 11.1. The molecular formula is C27H38O3. The van der Waals surface area contributed by atoms with Crippen LogP contribution >= 0.6 is 0 Å². The van der Waals surface area contributed by atoms with E-state index in [-0.39, 0.29) is 16.6 Å². The summed E-state index contributed by atoms with van der Waals surface area (Å²) in [6, 6.07) is 0. The molecule has 3 nitrogen and oxygen atoms in total. The van der Waals surface area contributed by atoms with Crippen molar-refractivity contribution in [2.24, 2.45) is 34.0 Å². The molecule has 0 amide bonds. The van der Waals surface area contributed by atoms with Crippen LogP contribution in [0.4, 0.5) is 0 Å². The van der Waals surface area contributed by atoms with Crippen LogP contribution in [0.2, 0.25) is 0 Å². The van der Waals surface area contributed by atoms with Crippen molar-refractivity contribution < 1.29 is 14.3 Å². The van der Waals surface area contributed by atoms with Crippen LogP contribution in [0, 0.1) is 34.0 Å². The zero-order valence-electron chi connectivity index (χ0n) is 18.9. The van der Waals surface area contributed by atoms with E-state index in [0.29, 0.717) is 30.0 Å². The number of carbonyl (C=O) groups is 1. The van der Waals surface area contributed by atoms with Crippen molar-refractivity contribution in [2.75, 3.05) is 13.2 Å². The number of allylic oxidation sites excluding steroid dienone is 4. The molecule has 0 N–H and O–H groups in total. The van der Waals surface area contributed by atoms with Gasteiger partial charge in [-0.3, -0.25) is 4.79 Å². The highest BCUT2D eigenvalue weighted by molar-refractivity contribution is 5.90. The average Bonchev–Trinajstić information content (AvgIpc) is 3.32. The number of ether oxygens (including phenoxy) is 2. The smallest absolute Gasteiger partial charge is 0.174 e. The first kappa shape index (κ1) is 20.7. The first-order chi connectivity index (χ1) is 14.4. The molecule has 0 aromatic rings. The van der Waals surface area contributed by atoms with E-state index in [1.165, 1.54) is 24.8 Å². The second-order valence-electron chi connectivity index (χ2n) is 11.1. The maximum absolute atomic E-state index is 13.3. The van der Waals surface area contributed by atoms with Crippen LogP contribution in [-0.4, -0.2) is 24.8 Å². The van der Waals surface area contributed by atoms with E-state index in [2.05, 4.69) is 33.1 Å². The van der Waals surface area contributed by atoms with Crippen molar-refractivity contribution in [2.45, 2.75) is 77.4 Å². The van der Waals surface area contributed by atoms with E-state index < -0.39 is 5.41 Å². The minimum atomic E-state index is -0.406. The van der Waals surface area contributed by atoms with E-state index in [1.54, 1.807) is 0 Å². The third kappa shape index (κ3) is 2.43. The van der Waals surface area contributed by atoms with E-state index in [9.17, 15) is 4.79 Å². The van der Waals surface area contributed by atoms with Crippen LogP contribution in [-0.2, 0) is 14.3 Å². The molecule has 4 aliphatic carbocycles. The van der Waals surface area contributed by atoms with E-state index in [4.69, 9.17) is 9.47 Å². The molecule has 5 atom stereocenters. The largest absolute Gasteiger partial charge is 0.347 e. The van der Waals surface area contributed by atoms with Gasteiger partial charge in [0.2, 0.25) is 0 Å². The lowest BCUT2D eigenvalue weighted by Gasteiger charge is -2.61. The average molecular weight is 411 g/mol. The van der Waals surface area contributed by atoms with Gasteiger partial charge in [-0.05, 0) is 68.1 Å². The fraction of sp³-hybridized carbons (Fsp3) is 0.741. The topological polar surface area (TPSA) is 35.5 Å². The van der Waals surface area contributed by atoms with Gasteiger partial charge in [-0.1, -0.05) is 37.6 Å². The molecule has 1 aliphatic heterocycles. The monoisotopic (exact) mass is 410 g/mol. The second kappa shape index (κ2) is 6.90. The van der Waals surface area contributed by atoms with E-state index in [1.807, 2.05) is 12.2 Å². The zero-order valence-corrected chi connectivity index (χ0v) is 18.9. The summed E-state index contributed by atoms with van der Waals surface area (Å²) in [6.07, 6.45) is 15.3. The third-order valence-electron chi connectivity index (χ3n) is 10.2. The molecule has 30 heavy (non-hydrogen) atoms. The van der Waals surface area contributed by atoms with Gasteiger partial charge in [0.25, 0.3) is 0 Å². The Hall–Kier alpha value is -1.19. The number of ketones is 1. The standard InChI is InChI=1S/C27H38O3/c1-5-12-26(13-6-2)22-8-7-19-20(24(22,3)14-11-23(26)28)9-15-25(4)21(19)10-16-27(25)29-17-18-30-27/h5-6,8,19-21H,1-2,7,9-18H2,3-4H3/t19?,20-,21-,24+,25-/m0/s1. The van der Waals surface area contributed by atoms with Crippen molar-refractivity contribution >= 4 is 5.78 Å². The lowest BCUT2D eigenvalue weighted by atomic mass is 9.43. The van der Waals surface area contributed by atoms with Crippen LogP contribution in [0.15, 0.2) is 37.0 Å². The Morgan fingerprint density at radius 3 is 2.37 bits per heavy atom. The Labute approximate surface area is 182 Å². The molecule has 0 aromatic carbocycles. The van der Waals surface area contributed by atoms with Crippen molar-refractivity contribution in [3.63, 3.8) is 0 Å². The van der Waals surface area contributed by atoms with E-state index >= 15 is 0 Å². The van der Waals surface area contributed by atoms with Crippen molar-refractivity contribution in [1.82, 2.24) is 0 Å². The van der Waals surface area contributed by atoms with Gasteiger partial charge in [-0.25, -0.2) is 0 Å². The molecule has 3 saturated carbocycles. The maximum atomic E-state index is 13.3. The Kier molecular flexibility index (Phi) is 4.76. The first-order valence-corrected chi connectivity index (χ1v) is 12.1. The summed E-state index contributed by atoms with van der Waals surface area (Å²) in [7, 11) is 0. The number of fused-ring (bicyclic) bond motifs is 6. The van der Waals surface area contributed by atoms with Crippen LogP contribution in [0.25, 0.3) is 0 Å². The summed E-state index contributed by atoms with van der Waals surface area (Å²) in [5, 5.41) is 0. The fourth-order valence-electron chi connectivity index (χ4n) is 8.83. The van der Waals surface area contributed by atoms with Crippen molar-refractivity contribution in [3.05, 3.63) is 37.0 Å². The molecule has 1 saturated heterocycles. The first-order valence-electron chi connectivity index (χ1n) is 12.1. The molecule has 0 aromatic heterocycles. The quantitative estimate of drug-likeness (QED) is 0.532. The third-order valence-corrected chi connectivity index (χ3v) is 10.2. The highest BCUT2D eigenvalue weighted by Crippen LogP contribution is 2.70. The SMILES string of the molecule is C=CCC1(CC=C)C(=O)CC[C@@]2(C)C1=CCC1[C@@H]2CC[C@@]2(C)[C@H]1CCC21OCCO1. The normalized spacial score (nSPS) is 43.5. The highest BCUT2D eigenvalue weighted by Gasteiger charge is 2.67. The van der Waals surface area contributed by atoms with Gasteiger partial charge >= 0.3 is 0 Å². The predicted octanol–water partition coefficient (Wildman–Crippen LogP) is 6.01. The van der Waals surface area contributed by atoms with Gasteiger partial charge in [0.1, 0.15) is 5.78 Å². The molecule has 1 heterocycles. The summed E-state index contributed by atoms with van der Waals surface area (Å²) in [5.41, 5.74) is 1.24. The Morgan fingerprint density at radius 2 is 1.70 bits per heavy atom. The van der Waals surface area contributed by atoms with Gasteiger partial charge in [-0.2, -0.15) is 0 Å². The minimum absolute atomic E-state index is 0.108. The van der Waals surface area contributed by atoms with Gasteiger partial charge in [0.05, 0.1) is 18.6 Å². The molecule has 5 rings (SSSR count). The van der Waals surface area contributed by atoms with E-state index in [0.717, 1.165) is 45.3 Å². The van der Waals surface area contributed by atoms with Crippen LogP contribution in [0.3, 0.4) is 0 Å². The predicted molar refractivity (Wildman–Crippen MR) is 119 cm³/mol. The molecule has 3 heteroatoms. The molecule has 0 radical (unpaired) electrons. The van der Waals surface area contributed by atoms with Crippen molar-refractivity contribution in [3.8, 4) is 0 Å². The molecular weight excluding hydrogens is 372 g/mol. The number of Topliss-reactive ketones (excluding diaryl/α,β-unsaturated/α-hetero) is 1. The number of hydrogen-bond acceptors (Lipinski definition) is 3. The fourth-order valence-corrected chi connectivity index (χ4v) is 8.83. The van der Waals surface area contributed by atoms with Gasteiger partial charge < -0.3 is 9.47 Å². The highest BCUT2D eigenvalue weighted by atomic mass is 16.7. The molecule has 4 fully saturated rings. The maximum Gasteiger partial charge on any atom is 0.174 e. The summed E-state index contributed by atoms with van der Waals surface area (Å²) in [5.74, 6) is 2.02. The molecule has 1 unspecified atom stereocenters. The summed E-state index contributed by atoms with van der Waals surface area (Å²) >= 11 is 0. The number of hydrogen-bond donors (Lipinski definition) is 0. The van der Waals surface area contributed by atoms with Gasteiger partial charge in [0, 0.05) is 18.3 Å².